The first-order valence-corrected chi connectivity index (χ1v) is 31.3. The van der Waals surface area contributed by atoms with Gasteiger partial charge >= 0.3 is 17.9 Å². The van der Waals surface area contributed by atoms with Gasteiger partial charge < -0.3 is 50.3 Å². The minimum atomic E-state index is -0.00565. The molecular weight excluding hydrogens is 999 g/mol. The van der Waals surface area contributed by atoms with Gasteiger partial charge in [-0.3, -0.25) is 48.1 Å². The van der Waals surface area contributed by atoms with Crippen molar-refractivity contribution in [1.82, 2.24) is 37.2 Å². The Morgan fingerprint density at radius 3 is 0.950 bits per heavy atom. The molecule has 0 aromatic heterocycles. The summed E-state index contributed by atoms with van der Waals surface area (Å²) < 4.78 is 17.5. The SMILES string of the molecule is C.C.C.CCC(CC)(COCC(C)NC(N)=[NH+]CCCCCCCCCCCCCNC)COCC(C)NC(N)=[NH+]CCCCCCNCCCCCCNC.CCCCCCCNCCCCC[NH+]=C(N)NC(C)COC.[CH3-].[CH3-]. The van der Waals surface area contributed by atoms with Crippen LogP contribution in [-0.2, 0) is 14.2 Å². The molecule has 0 heterocycles. The van der Waals surface area contributed by atoms with Gasteiger partial charge in [-0.15, -0.1) is 0 Å². The van der Waals surface area contributed by atoms with E-state index in [-0.39, 0.29) is 60.7 Å². The quantitative estimate of drug-likeness (QED) is 0.0134. The molecule has 0 aliphatic heterocycles. The molecule has 0 aliphatic carbocycles. The number of nitrogens with two attached hydrogens (primary N) is 3. The molecule has 16 nitrogen and oxygen atoms in total. The van der Waals surface area contributed by atoms with Gasteiger partial charge in [0, 0.05) is 12.5 Å². The van der Waals surface area contributed by atoms with Crippen molar-refractivity contribution in [1.29, 1.82) is 0 Å². The van der Waals surface area contributed by atoms with Gasteiger partial charge in [-0.2, -0.15) is 0 Å². The Morgan fingerprint density at radius 2 is 0.662 bits per heavy atom. The van der Waals surface area contributed by atoms with Crippen molar-refractivity contribution in [3.63, 3.8) is 0 Å². The first kappa shape index (κ1) is 91.3. The molecule has 3 atom stereocenters. The summed E-state index contributed by atoms with van der Waals surface area (Å²) in [5.74, 6) is 1.92. The molecule has 0 spiro atoms. The van der Waals surface area contributed by atoms with Crippen LogP contribution in [0.25, 0.3) is 0 Å². The van der Waals surface area contributed by atoms with Crippen molar-refractivity contribution in [2.45, 2.75) is 268 Å². The average Bonchev–Trinajstić information content (AvgIpc) is 3.38. The average molecular weight is 1150 g/mol. The summed E-state index contributed by atoms with van der Waals surface area (Å²) in [4.78, 5) is 9.89. The number of unbranched alkanes of at least 4 members (excludes halogenated alkanes) is 22. The maximum atomic E-state index is 6.23. The Hall–Kier alpha value is -2.47. The Kier molecular flexibility index (Phi) is 82.9. The lowest BCUT2D eigenvalue weighted by Crippen LogP contribution is -2.79. The highest BCUT2D eigenvalue weighted by Gasteiger charge is 2.28. The number of hydrogen-bond donors (Lipinski definition) is 13. The summed E-state index contributed by atoms with van der Waals surface area (Å²) in [6.07, 6.45) is 37.2. The van der Waals surface area contributed by atoms with E-state index in [0.717, 1.165) is 84.5 Å². The van der Waals surface area contributed by atoms with Crippen LogP contribution >= 0.6 is 0 Å². The van der Waals surface area contributed by atoms with Gasteiger partial charge in [-0.1, -0.05) is 152 Å². The number of guanidine groups is 3. The van der Waals surface area contributed by atoms with E-state index in [4.69, 9.17) is 31.4 Å². The molecule has 0 aromatic rings. The lowest BCUT2D eigenvalue weighted by Gasteiger charge is -2.31. The highest BCUT2D eigenvalue weighted by molar-refractivity contribution is 5.72. The second-order valence-corrected chi connectivity index (χ2v) is 21.7. The molecule has 0 saturated heterocycles. The highest BCUT2D eigenvalue weighted by Crippen LogP contribution is 2.27. The molecule has 16 N–H and O–H groups in total. The van der Waals surface area contributed by atoms with Gasteiger partial charge in [0.25, 0.3) is 0 Å². The second kappa shape index (κ2) is 72.6. The smallest absolute Gasteiger partial charge is 0.341 e. The van der Waals surface area contributed by atoms with Gasteiger partial charge in [0.15, 0.2) is 0 Å². The lowest BCUT2D eigenvalue weighted by atomic mass is 9.84. The first-order chi connectivity index (χ1) is 36.5. The normalized spacial score (nSPS) is 12.8. The minimum Gasteiger partial charge on any atom is -0.381 e. The van der Waals surface area contributed by atoms with Gasteiger partial charge in [0.05, 0.1) is 70.8 Å². The third-order valence-corrected chi connectivity index (χ3v) is 14.0. The van der Waals surface area contributed by atoms with E-state index >= 15 is 0 Å². The summed E-state index contributed by atoms with van der Waals surface area (Å²) in [7, 11) is 5.76. The largest absolute Gasteiger partial charge is 0.381 e. The van der Waals surface area contributed by atoms with E-state index in [1.165, 1.54) is 161 Å². The van der Waals surface area contributed by atoms with Crippen LogP contribution in [-0.4, -0.2) is 149 Å². The Bertz CT molecular complexity index is 1180. The molecule has 0 fully saturated rings. The fourth-order valence-corrected chi connectivity index (χ4v) is 8.90. The predicted molar refractivity (Wildman–Crippen MR) is 356 cm³/mol. The zero-order valence-electron chi connectivity index (χ0n) is 53.1. The van der Waals surface area contributed by atoms with Gasteiger partial charge in [0.1, 0.15) is 0 Å². The van der Waals surface area contributed by atoms with E-state index in [1.54, 1.807) is 7.11 Å². The summed E-state index contributed by atoms with van der Waals surface area (Å²) in [6.45, 7) is 25.8. The second-order valence-electron chi connectivity index (χ2n) is 21.7. The molecule has 0 radical (unpaired) electrons. The first-order valence-electron chi connectivity index (χ1n) is 31.3. The molecule has 0 amide bonds. The predicted octanol–water partition coefficient (Wildman–Crippen LogP) is 6.56. The third kappa shape index (κ3) is 68.0. The van der Waals surface area contributed by atoms with Crippen LogP contribution in [0.2, 0.25) is 0 Å². The molecular formula is C64H150N13O3+. The van der Waals surface area contributed by atoms with E-state index in [1.807, 2.05) is 21.0 Å². The van der Waals surface area contributed by atoms with Crippen molar-refractivity contribution in [3.8, 4) is 0 Å². The van der Waals surface area contributed by atoms with Gasteiger partial charge in [-0.05, 0) is 151 Å². The van der Waals surface area contributed by atoms with Gasteiger partial charge in [-0.25, -0.2) is 0 Å². The molecule has 80 heavy (non-hydrogen) atoms. The van der Waals surface area contributed by atoms with Crippen molar-refractivity contribution < 1.29 is 29.2 Å². The summed E-state index contributed by atoms with van der Waals surface area (Å²) >= 11 is 0. The van der Waals surface area contributed by atoms with Crippen molar-refractivity contribution in [2.24, 2.45) is 22.6 Å². The molecule has 0 bridgehead atoms. The monoisotopic (exact) mass is 1150 g/mol. The number of rotatable bonds is 55. The van der Waals surface area contributed by atoms with Gasteiger partial charge in [0.2, 0.25) is 0 Å². The molecule has 16 heteroatoms. The maximum Gasteiger partial charge on any atom is 0.341 e. The number of nitrogens with one attached hydrogen (secondary N) is 10. The number of hydrogen-bond acceptors (Lipinski definition) is 7. The fraction of sp³-hybridized carbons (Fsp3) is 0.922. The molecule has 3 unspecified atom stereocenters. The zero-order valence-corrected chi connectivity index (χ0v) is 53.1. The summed E-state index contributed by atoms with van der Waals surface area (Å²) in [5.41, 5.74) is 18.3. The molecule has 0 aromatic carbocycles. The Balaban J connectivity index is -0.000000334. The minimum absolute atomic E-state index is 0. The molecule has 0 aliphatic rings. The molecule has 488 valence electrons. The van der Waals surface area contributed by atoms with Crippen molar-refractivity contribution in [3.05, 3.63) is 14.9 Å². The topological polar surface area (TPSA) is 232 Å². The standard InChI is InChI=1S/C42H91N9O2.C17H38N4O.3CH4.2CH3/c1-7-42(8-2,36-52-34-38(3)50-40(43)48-32-26-17-15-13-11-9-10-12-14-16-22-28-45-5)37-53-35-39(4)51-41(44)49-33-27-21-20-25-31-47-30-24-19-18-23-29-46-6;1-4-5-6-7-9-12-19-13-10-8-11-14-20-17(18)21-16(2)15-22-3;;;;;/h38-39,45-47H,7-37H2,1-6H3,(H3,43,48,50)(H3,44,49,51);16,19H,4-15H2,1-3H3,(H3,18,20,21);3*1H4;2*1H3/q;;;;;2*-1/p+3. The van der Waals surface area contributed by atoms with Crippen LogP contribution in [0.3, 0.4) is 0 Å². The van der Waals surface area contributed by atoms with Crippen LogP contribution in [0.15, 0.2) is 0 Å². The van der Waals surface area contributed by atoms with Crippen molar-refractivity contribution >= 4 is 17.9 Å². The molecule has 0 saturated carbocycles. The highest BCUT2D eigenvalue weighted by atomic mass is 16.5. The lowest BCUT2D eigenvalue weighted by molar-refractivity contribution is -0.461. The zero-order chi connectivity index (χ0) is 55.6. The van der Waals surface area contributed by atoms with E-state index in [2.05, 4.69) is 86.8 Å². The summed E-state index contributed by atoms with van der Waals surface area (Å²) in [5, 5.41) is 23.4. The van der Waals surface area contributed by atoms with E-state index < -0.39 is 0 Å². The molecule has 0 rings (SSSR count). The third-order valence-electron chi connectivity index (χ3n) is 14.0. The summed E-state index contributed by atoms with van der Waals surface area (Å²) in [6, 6.07) is 0.486. The van der Waals surface area contributed by atoms with E-state index in [9.17, 15) is 0 Å². The maximum absolute atomic E-state index is 6.23. The van der Waals surface area contributed by atoms with Crippen LogP contribution < -0.4 is 69.4 Å². The Labute approximate surface area is 501 Å². The van der Waals surface area contributed by atoms with Crippen LogP contribution in [0.4, 0.5) is 0 Å². The Morgan fingerprint density at radius 1 is 0.400 bits per heavy atom. The number of ether oxygens (including phenoxy) is 3. The number of methoxy groups -OCH3 is 1. The van der Waals surface area contributed by atoms with Crippen LogP contribution in [0, 0.1) is 20.3 Å². The van der Waals surface area contributed by atoms with Crippen LogP contribution in [0.5, 0.6) is 0 Å². The van der Waals surface area contributed by atoms with Crippen LogP contribution in [0.1, 0.15) is 250 Å². The van der Waals surface area contributed by atoms with E-state index in [0.29, 0.717) is 50.9 Å². The van der Waals surface area contributed by atoms with Crippen molar-refractivity contribution in [2.75, 3.05) is 113 Å². The fourth-order valence-electron chi connectivity index (χ4n) is 8.90.